The van der Waals surface area contributed by atoms with Gasteiger partial charge in [0.25, 0.3) is 5.91 Å². The third kappa shape index (κ3) is 5.59. The van der Waals surface area contributed by atoms with Gasteiger partial charge in [0.15, 0.2) is 0 Å². The van der Waals surface area contributed by atoms with E-state index in [-0.39, 0.29) is 11.8 Å². The Morgan fingerprint density at radius 3 is 2.81 bits per heavy atom. The Morgan fingerprint density at radius 1 is 1.19 bits per heavy atom. The van der Waals surface area contributed by atoms with E-state index in [1.54, 1.807) is 6.07 Å². The molecule has 1 heterocycles. The molecule has 26 heavy (non-hydrogen) atoms. The molecule has 1 fully saturated rings. The van der Waals surface area contributed by atoms with Crippen LogP contribution in [0.3, 0.4) is 0 Å². The van der Waals surface area contributed by atoms with Crippen LogP contribution < -0.4 is 15.4 Å². The summed E-state index contributed by atoms with van der Waals surface area (Å²) in [7, 11) is 0. The van der Waals surface area contributed by atoms with E-state index in [0.717, 1.165) is 24.3 Å². The second-order valence-corrected chi connectivity index (χ2v) is 7.25. The van der Waals surface area contributed by atoms with Crippen molar-refractivity contribution in [1.29, 1.82) is 0 Å². The molecule has 6 heteroatoms. The number of anilines is 1. The van der Waals surface area contributed by atoms with E-state index in [0.29, 0.717) is 31.1 Å². The van der Waals surface area contributed by atoms with E-state index in [9.17, 15) is 9.59 Å². The van der Waals surface area contributed by atoms with Crippen molar-refractivity contribution in [3.8, 4) is 5.75 Å². The number of carbonyl (C=O) groups is 2. The largest absolute Gasteiger partial charge is 0.490 e. The standard InChI is InChI=1S/C20H24N2O3S/c23-19(9-4-11-21-20(24)15-10-12-26-14-15)22-16-5-3-8-18(13-16)25-17-6-1-2-7-17/h3,5,8,10,12-14,17H,1-2,4,6-7,9,11H2,(H,21,24)(H,22,23). The third-order valence-corrected chi connectivity index (χ3v) is 5.06. The number of amides is 2. The minimum Gasteiger partial charge on any atom is -0.490 e. The molecule has 1 aliphatic carbocycles. The van der Waals surface area contributed by atoms with Crippen molar-refractivity contribution in [2.45, 2.75) is 44.6 Å². The van der Waals surface area contributed by atoms with E-state index in [2.05, 4.69) is 10.6 Å². The van der Waals surface area contributed by atoms with Crippen LogP contribution in [0.25, 0.3) is 0 Å². The maximum Gasteiger partial charge on any atom is 0.252 e. The zero-order valence-electron chi connectivity index (χ0n) is 14.7. The molecule has 0 saturated heterocycles. The molecule has 2 amide bonds. The van der Waals surface area contributed by atoms with Crippen molar-refractivity contribution in [1.82, 2.24) is 5.32 Å². The van der Waals surface area contributed by atoms with E-state index in [1.165, 1.54) is 24.2 Å². The number of nitrogens with one attached hydrogen (secondary N) is 2. The summed E-state index contributed by atoms with van der Waals surface area (Å²) in [5, 5.41) is 9.39. The molecule has 1 saturated carbocycles. The maximum atomic E-state index is 12.1. The molecular formula is C20H24N2O3S. The fourth-order valence-electron chi connectivity index (χ4n) is 3.02. The van der Waals surface area contributed by atoms with Crippen molar-refractivity contribution in [3.05, 3.63) is 46.7 Å². The lowest BCUT2D eigenvalue weighted by Gasteiger charge is -2.14. The van der Waals surface area contributed by atoms with E-state index in [4.69, 9.17) is 4.74 Å². The fourth-order valence-corrected chi connectivity index (χ4v) is 3.65. The van der Waals surface area contributed by atoms with Gasteiger partial charge in [-0.25, -0.2) is 0 Å². The first-order chi connectivity index (χ1) is 12.7. The molecule has 2 N–H and O–H groups in total. The Kier molecular flexibility index (Phi) is 6.66. The number of carbonyl (C=O) groups excluding carboxylic acids is 2. The maximum absolute atomic E-state index is 12.1. The monoisotopic (exact) mass is 372 g/mol. The van der Waals surface area contributed by atoms with Crippen LogP contribution in [-0.4, -0.2) is 24.5 Å². The number of rotatable bonds is 8. The van der Waals surface area contributed by atoms with Crippen LogP contribution in [0.2, 0.25) is 0 Å². The predicted octanol–water partition coefficient (Wildman–Crippen LogP) is 4.22. The van der Waals surface area contributed by atoms with Gasteiger partial charge in [0.2, 0.25) is 5.91 Å². The predicted molar refractivity (Wildman–Crippen MR) is 104 cm³/mol. The molecule has 1 aromatic heterocycles. The molecular weight excluding hydrogens is 348 g/mol. The highest BCUT2D eigenvalue weighted by atomic mass is 32.1. The number of hydrogen-bond acceptors (Lipinski definition) is 4. The fraction of sp³-hybridized carbons (Fsp3) is 0.400. The summed E-state index contributed by atoms with van der Waals surface area (Å²) in [5.74, 6) is 0.647. The van der Waals surface area contributed by atoms with Gasteiger partial charge in [-0.05, 0) is 55.7 Å². The molecule has 1 aromatic carbocycles. The molecule has 1 aliphatic rings. The quantitative estimate of drug-likeness (QED) is 0.682. The van der Waals surface area contributed by atoms with Crippen LogP contribution in [0, 0.1) is 0 Å². The summed E-state index contributed by atoms with van der Waals surface area (Å²) in [4.78, 5) is 23.9. The van der Waals surface area contributed by atoms with Crippen molar-refractivity contribution < 1.29 is 14.3 Å². The molecule has 5 nitrogen and oxygen atoms in total. The second-order valence-electron chi connectivity index (χ2n) is 6.47. The first-order valence-corrected chi connectivity index (χ1v) is 10.0. The number of thiophene rings is 1. The highest BCUT2D eigenvalue weighted by Crippen LogP contribution is 2.25. The van der Waals surface area contributed by atoms with Crippen LogP contribution in [0.4, 0.5) is 5.69 Å². The van der Waals surface area contributed by atoms with Crippen molar-refractivity contribution in [3.63, 3.8) is 0 Å². The van der Waals surface area contributed by atoms with Crippen LogP contribution in [0.1, 0.15) is 48.9 Å². The Balaban J connectivity index is 1.38. The number of hydrogen-bond donors (Lipinski definition) is 2. The Morgan fingerprint density at radius 2 is 2.04 bits per heavy atom. The topological polar surface area (TPSA) is 67.4 Å². The molecule has 138 valence electrons. The second kappa shape index (κ2) is 9.38. The lowest BCUT2D eigenvalue weighted by atomic mass is 10.2. The smallest absolute Gasteiger partial charge is 0.252 e. The Hall–Kier alpha value is -2.34. The molecule has 0 atom stereocenters. The summed E-state index contributed by atoms with van der Waals surface area (Å²) in [6.07, 6.45) is 5.92. The van der Waals surface area contributed by atoms with Crippen LogP contribution >= 0.6 is 11.3 Å². The summed E-state index contributed by atoms with van der Waals surface area (Å²) in [5.41, 5.74) is 1.41. The van der Waals surface area contributed by atoms with Gasteiger partial charge in [-0.15, -0.1) is 0 Å². The van der Waals surface area contributed by atoms with Gasteiger partial charge >= 0.3 is 0 Å². The van der Waals surface area contributed by atoms with E-state index >= 15 is 0 Å². The summed E-state index contributed by atoms with van der Waals surface area (Å²) < 4.78 is 5.96. The number of ether oxygens (including phenoxy) is 1. The lowest BCUT2D eigenvalue weighted by Crippen LogP contribution is -2.25. The van der Waals surface area contributed by atoms with Gasteiger partial charge in [0.05, 0.1) is 6.10 Å². The van der Waals surface area contributed by atoms with Gasteiger partial charge in [-0.2, -0.15) is 11.3 Å². The molecule has 2 aromatic rings. The van der Waals surface area contributed by atoms with Crippen molar-refractivity contribution in [2.24, 2.45) is 0 Å². The van der Waals surface area contributed by atoms with Gasteiger partial charge in [0.1, 0.15) is 5.75 Å². The Labute approximate surface area is 157 Å². The first-order valence-electron chi connectivity index (χ1n) is 9.08. The molecule has 0 aliphatic heterocycles. The van der Waals surface area contributed by atoms with Crippen molar-refractivity contribution in [2.75, 3.05) is 11.9 Å². The number of benzene rings is 1. The molecule has 0 spiro atoms. The minimum atomic E-state index is -0.0941. The molecule has 0 unspecified atom stereocenters. The zero-order chi connectivity index (χ0) is 18.2. The van der Waals surface area contributed by atoms with Gasteiger partial charge in [0, 0.05) is 35.7 Å². The van der Waals surface area contributed by atoms with Gasteiger partial charge in [-0.1, -0.05) is 6.07 Å². The summed E-state index contributed by atoms with van der Waals surface area (Å²) in [6, 6.07) is 9.33. The van der Waals surface area contributed by atoms with Crippen LogP contribution in [-0.2, 0) is 4.79 Å². The summed E-state index contributed by atoms with van der Waals surface area (Å²) >= 11 is 1.49. The van der Waals surface area contributed by atoms with Gasteiger partial charge in [-0.3, -0.25) is 9.59 Å². The highest BCUT2D eigenvalue weighted by molar-refractivity contribution is 7.08. The molecule has 0 radical (unpaired) electrons. The van der Waals surface area contributed by atoms with E-state index < -0.39 is 0 Å². The summed E-state index contributed by atoms with van der Waals surface area (Å²) in [6.45, 7) is 0.479. The third-order valence-electron chi connectivity index (χ3n) is 4.37. The van der Waals surface area contributed by atoms with Crippen molar-refractivity contribution >= 4 is 28.8 Å². The van der Waals surface area contributed by atoms with Gasteiger partial charge < -0.3 is 15.4 Å². The molecule has 0 bridgehead atoms. The average molecular weight is 372 g/mol. The van der Waals surface area contributed by atoms with Crippen LogP contribution in [0.15, 0.2) is 41.1 Å². The average Bonchev–Trinajstić information content (AvgIpc) is 3.32. The van der Waals surface area contributed by atoms with E-state index in [1.807, 2.05) is 35.0 Å². The zero-order valence-corrected chi connectivity index (χ0v) is 15.5. The van der Waals surface area contributed by atoms with Crippen LogP contribution in [0.5, 0.6) is 5.75 Å². The highest BCUT2D eigenvalue weighted by Gasteiger charge is 2.16. The normalized spacial score (nSPS) is 14.2. The first kappa shape index (κ1) is 18.5. The SMILES string of the molecule is O=C(CCCNC(=O)c1ccsc1)Nc1cccc(OC2CCCC2)c1. The lowest BCUT2D eigenvalue weighted by molar-refractivity contribution is -0.116. The molecule has 3 rings (SSSR count). The Bertz CT molecular complexity index is 724. The minimum absolute atomic E-state index is 0.0622.